The summed E-state index contributed by atoms with van der Waals surface area (Å²) in [5.41, 5.74) is 4.87. The molecule has 1 amide bonds. The zero-order valence-corrected chi connectivity index (χ0v) is 8.66. The van der Waals surface area contributed by atoms with Gasteiger partial charge in [0.2, 0.25) is 5.91 Å². The van der Waals surface area contributed by atoms with Crippen LogP contribution in [0.5, 0.6) is 0 Å². The van der Waals surface area contributed by atoms with Gasteiger partial charge < -0.3 is 5.73 Å². The SMILES string of the molecule is CC(C)(CCCCCCl)C(N)=O. The highest BCUT2D eigenvalue weighted by atomic mass is 35.5. The van der Waals surface area contributed by atoms with Crippen LogP contribution in [0.15, 0.2) is 0 Å². The van der Waals surface area contributed by atoms with Crippen molar-refractivity contribution in [2.24, 2.45) is 11.1 Å². The van der Waals surface area contributed by atoms with E-state index in [2.05, 4.69) is 0 Å². The molecule has 2 nitrogen and oxygen atoms in total. The van der Waals surface area contributed by atoms with Crippen LogP contribution in [-0.2, 0) is 4.79 Å². The van der Waals surface area contributed by atoms with Gasteiger partial charge in [-0.05, 0) is 12.8 Å². The summed E-state index contributed by atoms with van der Waals surface area (Å²) in [6.07, 6.45) is 4.00. The smallest absolute Gasteiger partial charge is 0.223 e. The monoisotopic (exact) mass is 191 g/mol. The van der Waals surface area contributed by atoms with Crippen molar-refractivity contribution in [3.8, 4) is 0 Å². The minimum Gasteiger partial charge on any atom is -0.369 e. The predicted molar refractivity (Wildman–Crippen MR) is 52.2 cm³/mol. The molecule has 72 valence electrons. The third kappa shape index (κ3) is 4.60. The lowest BCUT2D eigenvalue weighted by molar-refractivity contribution is -0.126. The van der Waals surface area contributed by atoms with Crippen LogP contribution < -0.4 is 5.73 Å². The molecule has 0 saturated heterocycles. The van der Waals surface area contributed by atoms with Crippen molar-refractivity contribution in [3.05, 3.63) is 0 Å². The molecule has 0 saturated carbocycles. The van der Waals surface area contributed by atoms with E-state index < -0.39 is 0 Å². The summed E-state index contributed by atoms with van der Waals surface area (Å²) in [5.74, 6) is 0.491. The van der Waals surface area contributed by atoms with Gasteiger partial charge in [-0.25, -0.2) is 0 Å². The van der Waals surface area contributed by atoms with E-state index in [4.69, 9.17) is 17.3 Å². The van der Waals surface area contributed by atoms with Gasteiger partial charge in [0.1, 0.15) is 0 Å². The van der Waals surface area contributed by atoms with Crippen LogP contribution in [0.1, 0.15) is 39.5 Å². The van der Waals surface area contributed by atoms with Crippen molar-refractivity contribution in [2.75, 3.05) is 5.88 Å². The van der Waals surface area contributed by atoms with Crippen molar-refractivity contribution in [3.63, 3.8) is 0 Å². The zero-order valence-electron chi connectivity index (χ0n) is 7.90. The summed E-state index contributed by atoms with van der Waals surface area (Å²) in [5, 5.41) is 0. The number of halogens is 1. The van der Waals surface area contributed by atoms with Crippen LogP contribution in [0.2, 0.25) is 0 Å². The average molecular weight is 192 g/mol. The standard InChI is InChI=1S/C9H18ClNO/c1-9(2,8(11)12)6-4-3-5-7-10/h3-7H2,1-2H3,(H2,11,12). The molecular weight excluding hydrogens is 174 g/mol. The first-order chi connectivity index (χ1) is 5.50. The molecule has 0 aliphatic heterocycles. The first kappa shape index (κ1) is 11.8. The molecule has 0 fully saturated rings. The Morgan fingerprint density at radius 2 is 1.92 bits per heavy atom. The quantitative estimate of drug-likeness (QED) is 0.508. The molecule has 0 radical (unpaired) electrons. The molecule has 12 heavy (non-hydrogen) atoms. The number of alkyl halides is 1. The molecule has 0 rings (SSSR count). The Labute approximate surface area is 79.5 Å². The lowest BCUT2D eigenvalue weighted by Gasteiger charge is -2.19. The number of primary amides is 1. The zero-order chi connectivity index (χ0) is 9.61. The summed E-state index contributed by atoms with van der Waals surface area (Å²) in [7, 11) is 0. The maximum atomic E-state index is 10.9. The van der Waals surface area contributed by atoms with Crippen molar-refractivity contribution in [1.29, 1.82) is 0 Å². The van der Waals surface area contributed by atoms with Gasteiger partial charge in [0.05, 0.1) is 0 Å². The fraction of sp³-hybridized carbons (Fsp3) is 0.889. The molecule has 0 aliphatic rings. The van der Waals surface area contributed by atoms with Gasteiger partial charge in [0.25, 0.3) is 0 Å². The molecule has 0 heterocycles. The first-order valence-electron chi connectivity index (χ1n) is 4.36. The molecule has 0 bridgehead atoms. The Bertz CT molecular complexity index is 145. The molecule has 0 aliphatic carbocycles. The minimum atomic E-state index is -0.355. The normalized spacial score (nSPS) is 11.6. The van der Waals surface area contributed by atoms with Crippen LogP contribution in [0.4, 0.5) is 0 Å². The van der Waals surface area contributed by atoms with Crippen molar-refractivity contribution in [2.45, 2.75) is 39.5 Å². The van der Waals surface area contributed by atoms with Crippen LogP contribution in [0.25, 0.3) is 0 Å². The lowest BCUT2D eigenvalue weighted by Crippen LogP contribution is -2.31. The van der Waals surface area contributed by atoms with Gasteiger partial charge in [-0.2, -0.15) is 0 Å². The summed E-state index contributed by atoms with van der Waals surface area (Å²) < 4.78 is 0. The summed E-state index contributed by atoms with van der Waals surface area (Å²) in [4.78, 5) is 10.9. The molecular formula is C9H18ClNO. The highest BCUT2D eigenvalue weighted by molar-refractivity contribution is 6.17. The average Bonchev–Trinajstić information content (AvgIpc) is 1.98. The van der Waals surface area contributed by atoms with Gasteiger partial charge >= 0.3 is 0 Å². The lowest BCUT2D eigenvalue weighted by atomic mass is 9.86. The largest absolute Gasteiger partial charge is 0.369 e. The van der Waals surface area contributed by atoms with E-state index in [0.29, 0.717) is 5.88 Å². The van der Waals surface area contributed by atoms with Gasteiger partial charge in [-0.1, -0.05) is 26.7 Å². The molecule has 0 aromatic rings. The van der Waals surface area contributed by atoms with E-state index in [1.54, 1.807) is 0 Å². The summed E-state index contributed by atoms with van der Waals surface area (Å²) in [6, 6.07) is 0. The third-order valence-electron chi connectivity index (χ3n) is 2.10. The summed E-state index contributed by atoms with van der Waals surface area (Å²) in [6.45, 7) is 3.77. The second-order valence-electron chi connectivity index (χ2n) is 3.75. The van der Waals surface area contributed by atoms with E-state index in [1.807, 2.05) is 13.8 Å². The number of hydrogen-bond acceptors (Lipinski definition) is 1. The fourth-order valence-electron chi connectivity index (χ4n) is 0.961. The maximum absolute atomic E-state index is 10.9. The predicted octanol–water partition coefficient (Wildman–Crippen LogP) is 2.30. The molecule has 2 N–H and O–H groups in total. The van der Waals surface area contributed by atoms with Crippen molar-refractivity contribution in [1.82, 2.24) is 0 Å². The molecule has 0 aromatic carbocycles. The van der Waals surface area contributed by atoms with E-state index in [-0.39, 0.29) is 11.3 Å². The fourth-order valence-corrected chi connectivity index (χ4v) is 1.15. The van der Waals surface area contributed by atoms with Crippen LogP contribution in [-0.4, -0.2) is 11.8 Å². The number of unbranched alkanes of at least 4 members (excludes halogenated alkanes) is 2. The summed E-state index contributed by atoms with van der Waals surface area (Å²) >= 11 is 5.52. The Morgan fingerprint density at radius 3 is 2.33 bits per heavy atom. The number of rotatable bonds is 6. The number of nitrogens with two attached hydrogens (primary N) is 1. The topological polar surface area (TPSA) is 43.1 Å². The van der Waals surface area contributed by atoms with Gasteiger partial charge in [-0.15, -0.1) is 11.6 Å². The van der Waals surface area contributed by atoms with Crippen LogP contribution >= 0.6 is 11.6 Å². The van der Waals surface area contributed by atoms with Gasteiger partial charge in [0.15, 0.2) is 0 Å². The van der Waals surface area contributed by atoms with E-state index in [0.717, 1.165) is 25.7 Å². The number of amides is 1. The molecule has 0 atom stereocenters. The Balaban J connectivity index is 3.54. The first-order valence-corrected chi connectivity index (χ1v) is 4.90. The van der Waals surface area contributed by atoms with E-state index in [1.165, 1.54) is 0 Å². The Morgan fingerprint density at radius 1 is 1.33 bits per heavy atom. The highest BCUT2D eigenvalue weighted by Crippen LogP contribution is 2.22. The Hall–Kier alpha value is -0.240. The van der Waals surface area contributed by atoms with E-state index >= 15 is 0 Å². The van der Waals surface area contributed by atoms with Gasteiger partial charge in [-0.3, -0.25) is 4.79 Å². The number of hydrogen-bond donors (Lipinski definition) is 1. The van der Waals surface area contributed by atoms with Gasteiger partial charge in [0, 0.05) is 11.3 Å². The molecule has 0 aromatic heterocycles. The van der Waals surface area contributed by atoms with Crippen LogP contribution in [0, 0.1) is 5.41 Å². The number of carbonyl (C=O) groups is 1. The third-order valence-corrected chi connectivity index (χ3v) is 2.37. The Kier molecular flexibility index (Phi) is 5.31. The molecule has 3 heteroatoms. The van der Waals surface area contributed by atoms with Crippen molar-refractivity contribution >= 4 is 17.5 Å². The number of carbonyl (C=O) groups excluding carboxylic acids is 1. The van der Waals surface area contributed by atoms with Crippen molar-refractivity contribution < 1.29 is 4.79 Å². The van der Waals surface area contributed by atoms with Crippen LogP contribution in [0.3, 0.4) is 0 Å². The highest BCUT2D eigenvalue weighted by Gasteiger charge is 2.23. The second kappa shape index (κ2) is 5.41. The van der Waals surface area contributed by atoms with E-state index in [9.17, 15) is 4.79 Å². The minimum absolute atomic E-state index is 0.214. The molecule has 0 unspecified atom stereocenters. The molecule has 0 spiro atoms. The maximum Gasteiger partial charge on any atom is 0.223 e. The second-order valence-corrected chi connectivity index (χ2v) is 4.13.